The molecule has 21 heavy (non-hydrogen) atoms. The Hall–Kier alpha value is -2.04. The summed E-state index contributed by atoms with van der Waals surface area (Å²) in [5.74, 6) is 1.04. The smallest absolute Gasteiger partial charge is 0.246 e. The zero-order valence-electron chi connectivity index (χ0n) is 10.9. The van der Waals surface area contributed by atoms with Crippen LogP contribution in [0.4, 0.5) is 5.69 Å². The van der Waals surface area contributed by atoms with Gasteiger partial charge >= 0.3 is 0 Å². The first-order valence-electron chi connectivity index (χ1n) is 6.30. The van der Waals surface area contributed by atoms with Gasteiger partial charge in [0.25, 0.3) is 0 Å². The Morgan fingerprint density at radius 1 is 1.00 bits per heavy atom. The molecule has 0 radical (unpaired) electrons. The number of anilines is 1. The fourth-order valence-electron chi connectivity index (χ4n) is 1.84. The molecule has 0 spiro atoms. The highest BCUT2D eigenvalue weighted by atomic mass is 35.5. The summed E-state index contributed by atoms with van der Waals surface area (Å²) in [5, 5.41) is 8.05. The first-order valence-corrected chi connectivity index (χ1v) is 7.05. The molecule has 1 heterocycles. The van der Waals surface area contributed by atoms with E-state index in [1.54, 1.807) is 6.07 Å². The maximum absolute atomic E-state index is 6.10. The molecule has 0 saturated heterocycles. The molecule has 0 aliphatic carbocycles. The molecule has 4 nitrogen and oxygen atoms in total. The molecule has 1 N–H and O–H groups in total. The number of benzene rings is 2. The van der Waals surface area contributed by atoms with Crippen molar-refractivity contribution in [2.45, 2.75) is 6.54 Å². The zero-order valence-corrected chi connectivity index (χ0v) is 12.4. The lowest BCUT2D eigenvalue weighted by atomic mass is 10.2. The van der Waals surface area contributed by atoms with Crippen LogP contribution in [0, 0.1) is 0 Å². The normalized spacial score (nSPS) is 10.6. The van der Waals surface area contributed by atoms with Crippen LogP contribution in [0.25, 0.3) is 11.4 Å². The van der Waals surface area contributed by atoms with Crippen LogP contribution in [0.15, 0.2) is 53.1 Å². The maximum atomic E-state index is 6.10. The van der Waals surface area contributed by atoms with Crippen molar-refractivity contribution in [2.75, 3.05) is 5.32 Å². The summed E-state index contributed by atoms with van der Waals surface area (Å²) in [6.45, 7) is 0.375. The van der Waals surface area contributed by atoms with E-state index in [0.717, 1.165) is 11.3 Å². The largest absolute Gasteiger partial charge is 0.375 e. The lowest BCUT2D eigenvalue weighted by molar-refractivity contribution is 0.384. The fourth-order valence-corrected chi connectivity index (χ4v) is 2.21. The summed E-state index contributed by atoms with van der Waals surface area (Å²) in [6, 6.07) is 15.0. The van der Waals surface area contributed by atoms with Gasteiger partial charge in [-0.15, -0.1) is 0 Å². The van der Waals surface area contributed by atoms with Crippen molar-refractivity contribution < 1.29 is 4.52 Å². The number of halogens is 2. The maximum Gasteiger partial charge on any atom is 0.246 e. The van der Waals surface area contributed by atoms with Gasteiger partial charge in [-0.1, -0.05) is 64.8 Å². The van der Waals surface area contributed by atoms with Crippen LogP contribution >= 0.6 is 23.2 Å². The van der Waals surface area contributed by atoms with E-state index in [1.165, 1.54) is 0 Å². The number of hydrogen-bond donors (Lipinski definition) is 1. The van der Waals surface area contributed by atoms with E-state index in [-0.39, 0.29) is 0 Å². The molecular weight excluding hydrogens is 309 g/mol. The number of hydrogen-bond acceptors (Lipinski definition) is 4. The average molecular weight is 320 g/mol. The molecule has 0 aliphatic rings. The van der Waals surface area contributed by atoms with Crippen molar-refractivity contribution in [1.82, 2.24) is 10.1 Å². The molecule has 106 valence electrons. The van der Waals surface area contributed by atoms with Gasteiger partial charge in [-0.2, -0.15) is 4.98 Å². The molecule has 0 amide bonds. The lowest BCUT2D eigenvalue weighted by Crippen LogP contribution is -2.00. The summed E-state index contributed by atoms with van der Waals surface area (Å²) in [6.07, 6.45) is 0. The van der Waals surface area contributed by atoms with Crippen LogP contribution in [-0.4, -0.2) is 10.1 Å². The van der Waals surface area contributed by atoms with Crippen LogP contribution in [0.3, 0.4) is 0 Å². The van der Waals surface area contributed by atoms with Gasteiger partial charge in [-0.05, 0) is 12.1 Å². The van der Waals surface area contributed by atoms with E-state index < -0.39 is 0 Å². The Kier molecular flexibility index (Phi) is 4.08. The molecule has 0 fully saturated rings. The van der Waals surface area contributed by atoms with Crippen LogP contribution in [0.1, 0.15) is 5.89 Å². The second kappa shape index (κ2) is 6.16. The second-order valence-electron chi connectivity index (χ2n) is 4.33. The third-order valence-corrected chi connectivity index (χ3v) is 3.70. The highest BCUT2D eigenvalue weighted by molar-refractivity contribution is 6.43. The minimum Gasteiger partial charge on any atom is -0.375 e. The summed E-state index contributed by atoms with van der Waals surface area (Å²) < 4.78 is 5.21. The van der Waals surface area contributed by atoms with Crippen LogP contribution < -0.4 is 5.32 Å². The van der Waals surface area contributed by atoms with E-state index in [9.17, 15) is 0 Å². The molecule has 3 rings (SSSR count). The van der Waals surface area contributed by atoms with Gasteiger partial charge in [0.05, 0.1) is 22.3 Å². The molecule has 2 aromatic carbocycles. The Bertz CT molecular complexity index is 744. The zero-order chi connectivity index (χ0) is 14.7. The highest BCUT2D eigenvalue weighted by Gasteiger charge is 2.09. The Balaban J connectivity index is 1.72. The minimum atomic E-state index is 0.375. The first kappa shape index (κ1) is 13.9. The summed E-state index contributed by atoms with van der Waals surface area (Å²) in [4.78, 5) is 4.33. The third-order valence-electron chi connectivity index (χ3n) is 2.88. The number of nitrogens with one attached hydrogen (secondary N) is 1. The van der Waals surface area contributed by atoms with E-state index in [4.69, 9.17) is 27.7 Å². The third kappa shape index (κ3) is 3.17. The molecule has 3 aromatic rings. The fraction of sp³-hybridized carbons (Fsp3) is 0.0667. The van der Waals surface area contributed by atoms with Gasteiger partial charge < -0.3 is 9.84 Å². The van der Waals surface area contributed by atoms with Gasteiger partial charge in [0.1, 0.15) is 0 Å². The molecule has 6 heteroatoms. The van der Waals surface area contributed by atoms with E-state index in [0.29, 0.717) is 28.3 Å². The lowest BCUT2D eigenvalue weighted by Gasteiger charge is -2.06. The first-order chi connectivity index (χ1) is 10.2. The average Bonchev–Trinajstić information content (AvgIpc) is 2.99. The summed E-state index contributed by atoms with van der Waals surface area (Å²) in [7, 11) is 0. The predicted molar refractivity (Wildman–Crippen MR) is 83.5 cm³/mol. The Morgan fingerprint density at radius 3 is 2.62 bits per heavy atom. The van der Waals surface area contributed by atoms with Crippen molar-refractivity contribution in [3.8, 4) is 11.4 Å². The minimum absolute atomic E-state index is 0.375. The monoisotopic (exact) mass is 319 g/mol. The van der Waals surface area contributed by atoms with Crippen LogP contribution in [0.2, 0.25) is 10.0 Å². The molecular formula is C15H11Cl2N3O. The van der Waals surface area contributed by atoms with Gasteiger partial charge in [0, 0.05) is 5.56 Å². The quantitative estimate of drug-likeness (QED) is 0.760. The Labute approximate surface area is 131 Å². The molecule has 0 aliphatic heterocycles. The van der Waals surface area contributed by atoms with Crippen LogP contribution in [-0.2, 0) is 6.54 Å². The van der Waals surface area contributed by atoms with Crippen molar-refractivity contribution in [3.05, 3.63) is 64.5 Å². The van der Waals surface area contributed by atoms with Crippen LogP contribution in [0.5, 0.6) is 0 Å². The van der Waals surface area contributed by atoms with Crippen molar-refractivity contribution in [1.29, 1.82) is 0 Å². The number of rotatable bonds is 4. The predicted octanol–water partition coefficient (Wildman–Crippen LogP) is 4.66. The second-order valence-corrected chi connectivity index (χ2v) is 5.12. The molecule has 0 unspecified atom stereocenters. The molecule has 0 atom stereocenters. The number of nitrogens with zero attached hydrogens (tertiary/aromatic N) is 2. The van der Waals surface area contributed by atoms with E-state index in [2.05, 4.69) is 15.5 Å². The van der Waals surface area contributed by atoms with E-state index in [1.807, 2.05) is 42.5 Å². The molecule has 0 saturated carbocycles. The Morgan fingerprint density at radius 2 is 1.81 bits per heavy atom. The highest BCUT2D eigenvalue weighted by Crippen LogP contribution is 2.29. The van der Waals surface area contributed by atoms with Gasteiger partial charge in [0.15, 0.2) is 0 Å². The van der Waals surface area contributed by atoms with Crippen molar-refractivity contribution in [3.63, 3.8) is 0 Å². The topological polar surface area (TPSA) is 51.0 Å². The molecule has 1 aromatic heterocycles. The standard InChI is InChI=1S/C15H11Cl2N3O/c16-11-7-4-8-12(14(11)17)18-9-13-19-15(20-21-13)10-5-2-1-3-6-10/h1-8,18H,9H2. The van der Waals surface area contributed by atoms with Gasteiger partial charge in [-0.25, -0.2) is 0 Å². The summed E-state index contributed by atoms with van der Waals surface area (Å²) in [5.41, 5.74) is 1.64. The molecule has 0 bridgehead atoms. The van der Waals surface area contributed by atoms with Gasteiger partial charge in [-0.3, -0.25) is 0 Å². The van der Waals surface area contributed by atoms with Crippen molar-refractivity contribution >= 4 is 28.9 Å². The summed E-state index contributed by atoms with van der Waals surface area (Å²) >= 11 is 12.1. The SMILES string of the molecule is Clc1cccc(NCc2nc(-c3ccccc3)no2)c1Cl. The van der Waals surface area contributed by atoms with Crippen molar-refractivity contribution in [2.24, 2.45) is 0 Å². The van der Waals surface area contributed by atoms with Gasteiger partial charge in [0.2, 0.25) is 11.7 Å². The van der Waals surface area contributed by atoms with E-state index >= 15 is 0 Å². The number of aromatic nitrogens is 2.